The largest absolute Gasteiger partial charge is 0.469 e. The van der Waals surface area contributed by atoms with Gasteiger partial charge in [0.15, 0.2) is 17.6 Å². The Morgan fingerprint density at radius 1 is 1.22 bits per heavy atom. The number of hydrogen-bond acceptors (Lipinski definition) is 6. The van der Waals surface area contributed by atoms with Gasteiger partial charge in [-0.25, -0.2) is 9.37 Å². The molecule has 4 rings (SSSR count). The summed E-state index contributed by atoms with van der Waals surface area (Å²) in [5.74, 6) is 1.87. The lowest BCUT2D eigenvalue weighted by Crippen LogP contribution is -2.46. The van der Waals surface area contributed by atoms with Gasteiger partial charge in [0.2, 0.25) is 0 Å². The van der Waals surface area contributed by atoms with Gasteiger partial charge in [0.1, 0.15) is 5.76 Å². The van der Waals surface area contributed by atoms with Crippen molar-refractivity contribution in [1.29, 1.82) is 0 Å². The highest BCUT2D eigenvalue weighted by Crippen LogP contribution is 2.20. The lowest BCUT2D eigenvalue weighted by atomic mass is 10.3. The SMILES string of the molecule is Fc1cccnc1N1CCC(NC(=NCCN2CCOCC2)NCCc2ccco2)C1.I. The average Bonchev–Trinajstić information content (AvgIpc) is 3.47. The summed E-state index contributed by atoms with van der Waals surface area (Å²) in [5, 5.41) is 6.94. The molecular weight excluding hydrogens is 526 g/mol. The molecule has 2 saturated heterocycles. The molecule has 8 nitrogen and oxygen atoms in total. The van der Waals surface area contributed by atoms with Gasteiger partial charge in [0.25, 0.3) is 0 Å². The molecule has 32 heavy (non-hydrogen) atoms. The maximum absolute atomic E-state index is 14.1. The third-order valence-corrected chi connectivity index (χ3v) is 5.60. The number of morpholine rings is 1. The Labute approximate surface area is 205 Å². The van der Waals surface area contributed by atoms with Gasteiger partial charge in [-0.2, -0.15) is 0 Å². The van der Waals surface area contributed by atoms with Gasteiger partial charge in [0, 0.05) is 57.9 Å². The molecule has 0 spiro atoms. The molecule has 0 aliphatic carbocycles. The highest BCUT2D eigenvalue weighted by atomic mass is 127. The Morgan fingerprint density at radius 2 is 2.09 bits per heavy atom. The first kappa shape index (κ1) is 24.7. The summed E-state index contributed by atoms with van der Waals surface area (Å²) in [6.07, 6.45) is 5.01. The molecule has 0 amide bonds. The van der Waals surface area contributed by atoms with Crippen LogP contribution in [0.3, 0.4) is 0 Å². The second-order valence-corrected chi connectivity index (χ2v) is 7.83. The highest BCUT2D eigenvalue weighted by Gasteiger charge is 2.26. The first-order valence-electron chi connectivity index (χ1n) is 11.0. The van der Waals surface area contributed by atoms with Crippen LogP contribution >= 0.6 is 24.0 Å². The van der Waals surface area contributed by atoms with Crippen molar-refractivity contribution in [3.8, 4) is 0 Å². The van der Waals surface area contributed by atoms with E-state index in [9.17, 15) is 4.39 Å². The Bertz CT molecular complexity index is 832. The van der Waals surface area contributed by atoms with Gasteiger partial charge in [-0.05, 0) is 30.7 Å². The van der Waals surface area contributed by atoms with E-state index in [0.717, 1.165) is 70.5 Å². The van der Waals surface area contributed by atoms with Crippen LogP contribution in [0.5, 0.6) is 0 Å². The lowest BCUT2D eigenvalue weighted by Gasteiger charge is -2.26. The van der Waals surface area contributed by atoms with E-state index in [4.69, 9.17) is 14.1 Å². The second-order valence-electron chi connectivity index (χ2n) is 7.83. The van der Waals surface area contributed by atoms with Crippen molar-refractivity contribution in [2.45, 2.75) is 18.9 Å². The predicted molar refractivity (Wildman–Crippen MR) is 133 cm³/mol. The van der Waals surface area contributed by atoms with E-state index in [1.54, 1.807) is 18.5 Å². The van der Waals surface area contributed by atoms with Crippen molar-refractivity contribution in [3.63, 3.8) is 0 Å². The quantitative estimate of drug-likeness (QED) is 0.292. The van der Waals surface area contributed by atoms with Gasteiger partial charge < -0.3 is 24.7 Å². The smallest absolute Gasteiger partial charge is 0.191 e. The zero-order valence-corrected chi connectivity index (χ0v) is 20.5. The normalized spacial score (nSPS) is 19.6. The van der Waals surface area contributed by atoms with Gasteiger partial charge in [-0.3, -0.25) is 9.89 Å². The van der Waals surface area contributed by atoms with Crippen molar-refractivity contribution in [2.75, 3.05) is 63.9 Å². The first-order valence-corrected chi connectivity index (χ1v) is 11.0. The number of nitrogens with zero attached hydrogens (tertiary/aromatic N) is 4. The van der Waals surface area contributed by atoms with Crippen LogP contribution in [0.25, 0.3) is 0 Å². The van der Waals surface area contributed by atoms with Crippen LogP contribution in [0.2, 0.25) is 0 Å². The third-order valence-electron chi connectivity index (χ3n) is 5.60. The highest BCUT2D eigenvalue weighted by molar-refractivity contribution is 14.0. The molecule has 176 valence electrons. The maximum Gasteiger partial charge on any atom is 0.191 e. The molecule has 0 aromatic carbocycles. The number of rotatable bonds is 8. The minimum Gasteiger partial charge on any atom is -0.469 e. The second kappa shape index (κ2) is 12.9. The number of anilines is 1. The number of halogens is 2. The van der Waals surface area contributed by atoms with E-state index >= 15 is 0 Å². The molecule has 1 unspecified atom stereocenters. The predicted octanol–water partition coefficient (Wildman–Crippen LogP) is 2.12. The molecule has 10 heteroatoms. The van der Waals surface area contributed by atoms with Crippen LogP contribution in [-0.2, 0) is 11.2 Å². The van der Waals surface area contributed by atoms with Crippen LogP contribution in [0, 0.1) is 5.82 Å². The molecule has 2 aliphatic rings. The van der Waals surface area contributed by atoms with E-state index < -0.39 is 0 Å². The Morgan fingerprint density at radius 3 is 2.88 bits per heavy atom. The summed E-state index contributed by atoms with van der Waals surface area (Å²) in [7, 11) is 0. The van der Waals surface area contributed by atoms with E-state index in [2.05, 4.69) is 20.5 Å². The van der Waals surface area contributed by atoms with Crippen molar-refractivity contribution in [1.82, 2.24) is 20.5 Å². The summed E-state index contributed by atoms with van der Waals surface area (Å²) < 4.78 is 24.9. The molecule has 2 aromatic rings. The number of ether oxygens (including phenoxy) is 1. The summed E-state index contributed by atoms with van der Waals surface area (Å²) in [5.41, 5.74) is 0. The Kier molecular flexibility index (Phi) is 10.0. The van der Waals surface area contributed by atoms with Crippen LogP contribution in [0.1, 0.15) is 12.2 Å². The lowest BCUT2D eigenvalue weighted by molar-refractivity contribution is 0.0394. The van der Waals surface area contributed by atoms with Crippen LogP contribution in [-0.4, -0.2) is 80.9 Å². The molecule has 2 aromatic heterocycles. The van der Waals surface area contributed by atoms with Gasteiger partial charge in [-0.15, -0.1) is 24.0 Å². The average molecular weight is 558 g/mol. The molecule has 1 atom stereocenters. The van der Waals surface area contributed by atoms with Crippen molar-refractivity contribution >= 4 is 35.8 Å². The molecule has 0 saturated carbocycles. The Balaban J connectivity index is 0.00000289. The van der Waals surface area contributed by atoms with Gasteiger partial charge >= 0.3 is 0 Å². The Hall–Kier alpha value is -1.92. The molecular formula is C22H32FIN6O2. The number of pyridine rings is 1. The monoisotopic (exact) mass is 558 g/mol. The zero-order valence-electron chi connectivity index (χ0n) is 18.2. The van der Waals surface area contributed by atoms with E-state index in [-0.39, 0.29) is 35.8 Å². The third kappa shape index (κ3) is 7.31. The number of aromatic nitrogens is 1. The summed E-state index contributed by atoms with van der Waals surface area (Å²) in [6.45, 7) is 7.29. The van der Waals surface area contributed by atoms with E-state index in [1.807, 2.05) is 17.0 Å². The summed E-state index contributed by atoms with van der Waals surface area (Å²) in [6, 6.07) is 7.12. The van der Waals surface area contributed by atoms with Crippen molar-refractivity contribution in [2.24, 2.45) is 4.99 Å². The van der Waals surface area contributed by atoms with Crippen molar-refractivity contribution < 1.29 is 13.5 Å². The fourth-order valence-corrected chi connectivity index (χ4v) is 3.91. The number of guanidine groups is 1. The summed E-state index contributed by atoms with van der Waals surface area (Å²) in [4.78, 5) is 13.4. The molecule has 2 aliphatic heterocycles. The van der Waals surface area contributed by atoms with Crippen LogP contribution in [0.4, 0.5) is 10.2 Å². The number of furan rings is 1. The van der Waals surface area contributed by atoms with Gasteiger partial charge in [0.05, 0.1) is 26.0 Å². The minimum absolute atomic E-state index is 0. The fourth-order valence-electron chi connectivity index (χ4n) is 3.91. The van der Waals surface area contributed by atoms with E-state index in [1.165, 1.54) is 6.07 Å². The number of hydrogen-bond donors (Lipinski definition) is 2. The van der Waals surface area contributed by atoms with Crippen LogP contribution in [0.15, 0.2) is 46.1 Å². The van der Waals surface area contributed by atoms with Crippen molar-refractivity contribution in [3.05, 3.63) is 48.3 Å². The molecule has 2 fully saturated rings. The fraction of sp³-hybridized carbons (Fsp3) is 0.545. The number of aliphatic imine (C=N–C) groups is 1. The van der Waals surface area contributed by atoms with Gasteiger partial charge in [-0.1, -0.05) is 0 Å². The summed E-state index contributed by atoms with van der Waals surface area (Å²) >= 11 is 0. The maximum atomic E-state index is 14.1. The molecule has 2 N–H and O–H groups in total. The number of nitrogens with one attached hydrogen (secondary N) is 2. The first-order chi connectivity index (χ1) is 15.3. The zero-order chi connectivity index (χ0) is 21.3. The minimum atomic E-state index is -0.279. The molecule has 0 radical (unpaired) electrons. The topological polar surface area (TPSA) is 78.2 Å². The molecule has 0 bridgehead atoms. The molecule has 4 heterocycles. The van der Waals surface area contributed by atoms with E-state index in [0.29, 0.717) is 18.9 Å². The standard InChI is InChI=1S/C22H31FN6O2.HI/c23-20-4-1-7-24-21(20)29-10-6-18(17-29)27-22(25-8-5-19-3-2-14-31-19)26-9-11-28-12-15-30-16-13-28;/h1-4,7,14,18H,5-6,8-13,15-17H2,(H2,25,26,27);1H. The van der Waals surface area contributed by atoms with Crippen LogP contribution < -0.4 is 15.5 Å².